The van der Waals surface area contributed by atoms with Crippen molar-refractivity contribution in [1.29, 1.82) is 0 Å². The van der Waals surface area contributed by atoms with E-state index in [1.807, 2.05) is 60.7 Å². The summed E-state index contributed by atoms with van der Waals surface area (Å²) in [4.78, 5) is 38.5. The first kappa shape index (κ1) is 23.1. The zero-order valence-corrected chi connectivity index (χ0v) is 18.3. The van der Waals surface area contributed by atoms with Gasteiger partial charge in [-0.05, 0) is 29.4 Å². The summed E-state index contributed by atoms with van der Waals surface area (Å²) in [6, 6.07) is 18.2. The van der Waals surface area contributed by atoms with Gasteiger partial charge in [0.25, 0.3) is 0 Å². The SMILES string of the molecule is O=C(C=Cc1ccccc1)NC(=S)N1CCNC(=O)C1CC(=O)OCCc1ccccc1. The highest BCUT2D eigenvalue weighted by Gasteiger charge is 2.34. The number of amides is 2. The van der Waals surface area contributed by atoms with Crippen LogP contribution in [-0.2, 0) is 25.5 Å². The van der Waals surface area contributed by atoms with Gasteiger partial charge in [0.2, 0.25) is 11.8 Å². The second-order valence-electron chi connectivity index (χ2n) is 7.20. The zero-order valence-electron chi connectivity index (χ0n) is 17.5. The van der Waals surface area contributed by atoms with Gasteiger partial charge >= 0.3 is 5.97 Å². The number of hydrogen-bond acceptors (Lipinski definition) is 5. The summed E-state index contributed by atoms with van der Waals surface area (Å²) in [5, 5.41) is 5.44. The van der Waals surface area contributed by atoms with Crippen molar-refractivity contribution in [2.75, 3.05) is 19.7 Å². The number of ether oxygens (including phenoxy) is 1. The molecule has 1 heterocycles. The van der Waals surface area contributed by atoms with Crippen LogP contribution >= 0.6 is 12.2 Å². The number of nitrogens with one attached hydrogen (secondary N) is 2. The van der Waals surface area contributed by atoms with Crippen molar-refractivity contribution in [3.05, 3.63) is 77.9 Å². The van der Waals surface area contributed by atoms with E-state index in [9.17, 15) is 14.4 Å². The molecule has 3 rings (SSSR count). The van der Waals surface area contributed by atoms with Crippen LogP contribution in [0, 0.1) is 0 Å². The number of benzene rings is 2. The van der Waals surface area contributed by atoms with Crippen LogP contribution in [-0.4, -0.2) is 53.5 Å². The lowest BCUT2D eigenvalue weighted by Gasteiger charge is -2.36. The van der Waals surface area contributed by atoms with Crippen molar-refractivity contribution < 1.29 is 19.1 Å². The highest BCUT2D eigenvalue weighted by atomic mass is 32.1. The van der Waals surface area contributed by atoms with Crippen molar-refractivity contribution in [2.45, 2.75) is 18.9 Å². The number of nitrogens with zero attached hydrogens (tertiary/aromatic N) is 1. The zero-order chi connectivity index (χ0) is 22.8. The normalized spacial score (nSPS) is 15.8. The molecule has 0 saturated carbocycles. The monoisotopic (exact) mass is 451 g/mol. The average molecular weight is 452 g/mol. The minimum atomic E-state index is -0.834. The van der Waals surface area contributed by atoms with E-state index in [4.69, 9.17) is 17.0 Å². The maximum absolute atomic E-state index is 12.4. The molecule has 0 aliphatic carbocycles. The van der Waals surface area contributed by atoms with E-state index in [0.29, 0.717) is 19.5 Å². The molecule has 32 heavy (non-hydrogen) atoms. The molecule has 1 atom stereocenters. The van der Waals surface area contributed by atoms with E-state index in [1.165, 1.54) is 6.08 Å². The van der Waals surface area contributed by atoms with Crippen molar-refractivity contribution in [1.82, 2.24) is 15.5 Å². The molecule has 2 aromatic carbocycles. The number of rotatable bonds is 7. The number of esters is 1. The number of thiocarbonyl (C=S) groups is 1. The van der Waals surface area contributed by atoms with Crippen LogP contribution in [0.4, 0.5) is 0 Å². The third kappa shape index (κ3) is 7.02. The number of hydrogen-bond donors (Lipinski definition) is 2. The van der Waals surface area contributed by atoms with Crippen LogP contribution in [0.15, 0.2) is 66.7 Å². The van der Waals surface area contributed by atoms with E-state index in [-0.39, 0.29) is 24.0 Å². The van der Waals surface area contributed by atoms with Crippen LogP contribution in [0.5, 0.6) is 0 Å². The summed E-state index contributed by atoms with van der Waals surface area (Å²) in [5.41, 5.74) is 1.94. The predicted octanol–water partition coefficient (Wildman–Crippen LogP) is 2.08. The van der Waals surface area contributed by atoms with Gasteiger partial charge < -0.3 is 15.0 Å². The van der Waals surface area contributed by atoms with Gasteiger partial charge in [-0.25, -0.2) is 0 Å². The van der Waals surface area contributed by atoms with E-state index < -0.39 is 17.9 Å². The molecule has 1 fully saturated rings. The van der Waals surface area contributed by atoms with E-state index in [1.54, 1.807) is 11.0 Å². The molecule has 0 spiro atoms. The first-order chi connectivity index (χ1) is 15.5. The molecular weight excluding hydrogens is 426 g/mol. The van der Waals surface area contributed by atoms with Gasteiger partial charge in [0.15, 0.2) is 5.11 Å². The molecule has 2 amide bonds. The van der Waals surface area contributed by atoms with Gasteiger partial charge in [-0.15, -0.1) is 0 Å². The second-order valence-corrected chi connectivity index (χ2v) is 7.59. The number of piperazine rings is 1. The lowest BCUT2D eigenvalue weighted by Crippen LogP contribution is -2.60. The van der Waals surface area contributed by atoms with Crippen molar-refractivity contribution in [3.8, 4) is 0 Å². The van der Waals surface area contributed by atoms with Gasteiger partial charge in [-0.1, -0.05) is 60.7 Å². The largest absolute Gasteiger partial charge is 0.465 e. The fourth-order valence-corrected chi connectivity index (χ4v) is 3.58. The third-order valence-corrected chi connectivity index (χ3v) is 5.24. The smallest absolute Gasteiger partial charge is 0.308 e. The van der Waals surface area contributed by atoms with Crippen LogP contribution in [0.1, 0.15) is 17.5 Å². The molecule has 1 aliphatic heterocycles. The molecule has 1 aliphatic rings. The van der Waals surface area contributed by atoms with Gasteiger partial charge in [0.05, 0.1) is 13.0 Å². The number of carbonyl (C=O) groups is 3. The summed E-state index contributed by atoms with van der Waals surface area (Å²) in [5.74, 6) is -1.23. The van der Waals surface area contributed by atoms with Crippen LogP contribution in [0.25, 0.3) is 6.08 Å². The van der Waals surface area contributed by atoms with Crippen LogP contribution in [0.3, 0.4) is 0 Å². The minimum absolute atomic E-state index is 0.102. The van der Waals surface area contributed by atoms with Crippen LogP contribution in [0.2, 0.25) is 0 Å². The van der Waals surface area contributed by atoms with Gasteiger partial charge in [0.1, 0.15) is 6.04 Å². The lowest BCUT2D eigenvalue weighted by atomic mass is 10.1. The second kappa shape index (κ2) is 11.8. The molecule has 7 nitrogen and oxygen atoms in total. The summed E-state index contributed by atoms with van der Waals surface area (Å²) in [6.45, 7) is 0.978. The molecule has 0 radical (unpaired) electrons. The summed E-state index contributed by atoms with van der Waals surface area (Å²) < 4.78 is 5.31. The maximum Gasteiger partial charge on any atom is 0.308 e. The molecule has 0 aromatic heterocycles. The molecule has 166 valence electrons. The Hall–Kier alpha value is -3.52. The first-order valence-corrected chi connectivity index (χ1v) is 10.8. The fraction of sp³-hybridized carbons (Fsp3) is 0.250. The Bertz CT molecular complexity index is 979. The van der Waals surface area contributed by atoms with Crippen LogP contribution < -0.4 is 10.6 Å². The van der Waals surface area contributed by atoms with Gasteiger partial charge in [-0.3, -0.25) is 19.7 Å². The van der Waals surface area contributed by atoms with Gasteiger partial charge in [0, 0.05) is 25.6 Å². The topological polar surface area (TPSA) is 87.7 Å². The van der Waals surface area contributed by atoms with Gasteiger partial charge in [-0.2, -0.15) is 0 Å². The molecule has 2 aromatic rings. The molecule has 0 bridgehead atoms. The quantitative estimate of drug-likeness (QED) is 0.381. The highest BCUT2D eigenvalue weighted by molar-refractivity contribution is 7.80. The van der Waals surface area contributed by atoms with Crippen molar-refractivity contribution >= 4 is 41.2 Å². The Morgan fingerprint density at radius 1 is 1.12 bits per heavy atom. The summed E-state index contributed by atoms with van der Waals surface area (Å²) >= 11 is 5.34. The Labute approximate surface area is 192 Å². The van der Waals surface area contributed by atoms with E-state index in [2.05, 4.69) is 10.6 Å². The maximum atomic E-state index is 12.4. The Balaban J connectivity index is 1.52. The molecule has 1 saturated heterocycles. The Morgan fingerprint density at radius 3 is 2.53 bits per heavy atom. The van der Waals surface area contributed by atoms with Crippen molar-refractivity contribution in [2.24, 2.45) is 0 Å². The van der Waals surface area contributed by atoms with Crippen molar-refractivity contribution in [3.63, 3.8) is 0 Å². The highest BCUT2D eigenvalue weighted by Crippen LogP contribution is 2.11. The summed E-state index contributed by atoms with van der Waals surface area (Å²) in [6.07, 6.45) is 3.48. The Morgan fingerprint density at radius 2 is 1.81 bits per heavy atom. The number of carbonyl (C=O) groups excluding carboxylic acids is 3. The summed E-state index contributed by atoms with van der Waals surface area (Å²) in [7, 11) is 0. The molecular formula is C24H25N3O4S. The van der Waals surface area contributed by atoms with E-state index >= 15 is 0 Å². The molecule has 8 heteroatoms. The van der Waals surface area contributed by atoms with E-state index in [0.717, 1.165) is 11.1 Å². The third-order valence-electron chi connectivity index (χ3n) is 4.91. The predicted molar refractivity (Wildman–Crippen MR) is 125 cm³/mol. The molecule has 1 unspecified atom stereocenters. The molecule has 2 N–H and O–H groups in total. The Kier molecular flexibility index (Phi) is 8.51. The first-order valence-electron chi connectivity index (χ1n) is 10.3. The fourth-order valence-electron chi connectivity index (χ4n) is 3.26. The minimum Gasteiger partial charge on any atom is -0.465 e. The average Bonchev–Trinajstić information content (AvgIpc) is 2.80. The lowest BCUT2D eigenvalue weighted by molar-refractivity contribution is -0.147. The standard InChI is InChI=1S/C24H25N3O4S/c28-21(12-11-18-7-3-1-4-8-18)26-24(32)27-15-14-25-23(30)20(27)17-22(29)31-16-13-19-9-5-2-6-10-19/h1-12,20H,13-17H2,(H,25,30)(H,26,28,32).